The van der Waals surface area contributed by atoms with Crippen LogP contribution >= 0.6 is 12.3 Å². The highest BCUT2D eigenvalue weighted by Crippen LogP contribution is 2.32. The minimum atomic E-state index is -1.27. The first-order valence-corrected chi connectivity index (χ1v) is 6.73. The molecule has 6 nitrogen and oxygen atoms in total. The van der Waals surface area contributed by atoms with E-state index in [-0.39, 0.29) is 35.9 Å². The Morgan fingerprint density at radius 3 is 2.77 bits per heavy atom. The number of aromatic nitrogens is 2. The number of imidazole rings is 1. The molecule has 0 aliphatic heterocycles. The van der Waals surface area contributed by atoms with Crippen LogP contribution in [-0.2, 0) is 9.47 Å². The number of nitrogens with one attached hydrogen (secondary N) is 1. The first-order chi connectivity index (χ1) is 10.5. The fourth-order valence-corrected chi connectivity index (χ4v) is 2.30. The van der Waals surface area contributed by atoms with Gasteiger partial charge in [0, 0.05) is 13.7 Å². The SMILES string of the molecule is COCCNc1nc2c(F)c(F)cc(C(=O)OC)c2n1SF. The topological polar surface area (TPSA) is 65.4 Å². The summed E-state index contributed by atoms with van der Waals surface area (Å²) in [5.41, 5.74) is -1.00. The minimum Gasteiger partial charge on any atom is -0.465 e. The summed E-state index contributed by atoms with van der Waals surface area (Å²) < 4.78 is 50.9. The predicted molar refractivity (Wildman–Crippen MR) is 75.5 cm³/mol. The number of nitrogens with zero attached hydrogens (tertiary/aromatic N) is 2. The number of benzene rings is 1. The van der Waals surface area contributed by atoms with E-state index in [1.807, 2.05) is 0 Å². The van der Waals surface area contributed by atoms with Crippen molar-refractivity contribution in [2.45, 2.75) is 0 Å². The fraction of sp³-hybridized carbons (Fsp3) is 0.333. The highest BCUT2D eigenvalue weighted by molar-refractivity contribution is 7.93. The molecular weight excluding hydrogens is 323 g/mol. The van der Waals surface area contributed by atoms with E-state index in [1.54, 1.807) is 0 Å². The summed E-state index contributed by atoms with van der Waals surface area (Å²) in [5.74, 6) is -3.55. The van der Waals surface area contributed by atoms with Crippen LogP contribution in [0, 0.1) is 11.6 Å². The van der Waals surface area contributed by atoms with Crippen LogP contribution in [0.25, 0.3) is 11.0 Å². The molecule has 0 unspecified atom stereocenters. The summed E-state index contributed by atoms with van der Waals surface area (Å²) in [6, 6.07) is 0.650. The third kappa shape index (κ3) is 2.83. The smallest absolute Gasteiger partial charge is 0.340 e. The molecule has 1 heterocycles. The van der Waals surface area contributed by atoms with Gasteiger partial charge >= 0.3 is 5.97 Å². The van der Waals surface area contributed by atoms with E-state index >= 15 is 0 Å². The third-order valence-electron chi connectivity index (χ3n) is 2.84. The highest BCUT2D eigenvalue weighted by atomic mass is 32.2. The van der Waals surface area contributed by atoms with Crippen LogP contribution in [0.3, 0.4) is 0 Å². The summed E-state index contributed by atoms with van der Waals surface area (Å²) in [5, 5.41) is 2.71. The Bertz CT molecular complexity index is 708. The van der Waals surface area contributed by atoms with Crippen molar-refractivity contribution in [2.24, 2.45) is 0 Å². The van der Waals surface area contributed by atoms with Crippen LogP contribution in [0.15, 0.2) is 6.07 Å². The molecule has 0 radical (unpaired) electrons. The number of hydrogen-bond acceptors (Lipinski definition) is 6. The molecule has 0 spiro atoms. The average Bonchev–Trinajstić information content (AvgIpc) is 2.89. The molecule has 120 valence electrons. The molecule has 0 saturated carbocycles. The lowest BCUT2D eigenvalue weighted by Crippen LogP contribution is -2.11. The first kappa shape index (κ1) is 16.4. The van der Waals surface area contributed by atoms with E-state index in [0.29, 0.717) is 12.7 Å². The number of methoxy groups -OCH3 is 2. The number of anilines is 1. The standard InChI is InChI=1S/C12H12F3N3O3S/c1-20-4-3-16-12-17-9-8(14)7(13)5-6(11(19)21-2)10(9)18(12)22-15/h5H,3-4H2,1-2H3,(H,16,17). The van der Waals surface area contributed by atoms with Crippen LogP contribution in [0.5, 0.6) is 0 Å². The van der Waals surface area contributed by atoms with Crippen LogP contribution in [0.2, 0.25) is 0 Å². The van der Waals surface area contributed by atoms with E-state index in [0.717, 1.165) is 11.1 Å². The van der Waals surface area contributed by atoms with Gasteiger partial charge in [-0.2, -0.15) is 0 Å². The van der Waals surface area contributed by atoms with E-state index < -0.39 is 23.1 Å². The van der Waals surface area contributed by atoms with Crippen molar-refractivity contribution in [3.63, 3.8) is 0 Å². The lowest BCUT2D eigenvalue weighted by atomic mass is 10.1. The molecule has 10 heteroatoms. The normalized spacial score (nSPS) is 11.0. The molecule has 1 N–H and O–H groups in total. The second-order valence-corrected chi connectivity index (χ2v) is 4.63. The Balaban J connectivity index is 2.65. The second-order valence-electron chi connectivity index (χ2n) is 4.13. The maximum absolute atomic E-state index is 13.9. The minimum absolute atomic E-state index is 0.0748. The lowest BCUT2D eigenvalue weighted by Gasteiger charge is -2.07. The Kier molecular flexibility index (Phi) is 5.14. The number of halogens is 3. The van der Waals surface area contributed by atoms with Gasteiger partial charge in [-0.3, -0.25) is 0 Å². The molecule has 0 saturated heterocycles. The van der Waals surface area contributed by atoms with Crippen molar-refractivity contribution < 1.29 is 26.9 Å². The Morgan fingerprint density at radius 2 is 2.18 bits per heavy atom. The maximum atomic E-state index is 13.9. The number of carbonyl (C=O) groups excluding carboxylic acids is 1. The zero-order valence-electron chi connectivity index (χ0n) is 11.7. The van der Waals surface area contributed by atoms with E-state index in [2.05, 4.69) is 15.0 Å². The Hall–Kier alpha value is -1.94. The van der Waals surface area contributed by atoms with Crippen molar-refractivity contribution in [3.8, 4) is 0 Å². The van der Waals surface area contributed by atoms with E-state index in [4.69, 9.17) is 4.74 Å². The largest absolute Gasteiger partial charge is 0.465 e. The zero-order chi connectivity index (χ0) is 16.3. The molecular formula is C12H12F3N3O3S. The van der Waals surface area contributed by atoms with Crippen molar-refractivity contribution in [1.29, 1.82) is 0 Å². The van der Waals surface area contributed by atoms with Crippen molar-refractivity contribution in [1.82, 2.24) is 8.96 Å². The van der Waals surface area contributed by atoms with Crippen LogP contribution in [-0.4, -0.2) is 42.3 Å². The van der Waals surface area contributed by atoms with Crippen LogP contribution < -0.4 is 5.32 Å². The Labute approximate surface area is 128 Å². The molecule has 0 aliphatic carbocycles. The fourth-order valence-electron chi connectivity index (χ4n) is 1.88. The molecule has 0 aliphatic rings. The number of rotatable bonds is 6. The van der Waals surface area contributed by atoms with Crippen molar-refractivity contribution in [3.05, 3.63) is 23.3 Å². The molecule has 0 fully saturated rings. The van der Waals surface area contributed by atoms with Gasteiger partial charge in [-0.1, -0.05) is 0 Å². The number of fused-ring (bicyclic) bond motifs is 1. The highest BCUT2D eigenvalue weighted by Gasteiger charge is 2.25. The molecule has 2 aromatic rings. The van der Waals surface area contributed by atoms with Gasteiger partial charge < -0.3 is 14.8 Å². The molecule has 2 rings (SSSR count). The number of esters is 1. The zero-order valence-corrected chi connectivity index (χ0v) is 12.5. The monoisotopic (exact) mass is 335 g/mol. The third-order valence-corrected chi connectivity index (χ3v) is 3.34. The summed E-state index contributed by atoms with van der Waals surface area (Å²) in [7, 11) is 2.55. The summed E-state index contributed by atoms with van der Waals surface area (Å²) in [6.07, 6.45) is 0. The van der Waals surface area contributed by atoms with Gasteiger partial charge in [0.15, 0.2) is 24.0 Å². The maximum Gasteiger partial charge on any atom is 0.340 e. The van der Waals surface area contributed by atoms with Gasteiger partial charge in [0.1, 0.15) is 11.0 Å². The van der Waals surface area contributed by atoms with Gasteiger partial charge in [-0.25, -0.2) is 22.5 Å². The summed E-state index contributed by atoms with van der Waals surface area (Å²) in [6.45, 7) is 0.554. The van der Waals surface area contributed by atoms with Crippen molar-refractivity contribution in [2.75, 3.05) is 32.7 Å². The van der Waals surface area contributed by atoms with Gasteiger partial charge in [0.05, 0.1) is 19.3 Å². The molecule has 0 bridgehead atoms. The van der Waals surface area contributed by atoms with Crippen LogP contribution in [0.1, 0.15) is 10.4 Å². The summed E-state index contributed by atoms with van der Waals surface area (Å²) in [4.78, 5) is 15.5. The number of hydrogen-bond donors (Lipinski definition) is 1. The van der Waals surface area contributed by atoms with Crippen molar-refractivity contribution >= 4 is 35.3 Å². The molecule has 0 amide bonds. The summed E-state index contributed by atoms with van der Waals surface area (Å²) >= 11 is -0.300. The Morgan fingerprint density at radius 1 is 1.45 bits per heavy atom. The number of ether oxygens (including phenoxy) is 2. The second kappa shape index (κ2) is 6.88. The first-order valence-electron chi connectivity index (χ1n) is 6.05. The molecule has 0 atom stereocenters. The van der Waals surface area contributed by atoms with E-state index in [9.17, 15) is 17.5 Å². The number of carbonyl (C=O) groups is 1. The van der Waals surface area contributed by atoms with Gasteiger partial charge in [-0.05, 0) is 6.07 Å². The van der Waals surface area contributed by atoms with E-state index in [1.165, 1.54) is 7.11 Å². The quantitative estimate of drug-likeness (QED) is 0.646. The van der Waals surface area contributed by atoms with Gasteiger partial charge in [0.2, 0.25) is 5.95 Å². The predicted octanol–water partition coefficient (Wildman–Crippen LogP) is 2.54. The van der Waals surface area contributed by atoms with Gasteiger partial charge in [0.25, 0.3) is 0 Å². The average molecular weight is 335 g/mol. The molecule has 1 aromatic carbocycles. The van der Waals surface area contributed by atoms with Crippen LogP contribution in [0.4, 0.5) is 18.6 Å². The molecule has 1 aromatic heterocycles. The van der Waals surface area contributed by atoms with Gasteiger partial charge in [-0.15, -0.1) is 3.89 Å². The lowest BCUT2D eigenvalue weighted by molar-refractivity contribution is 0.0602. The molecule has 22 heavy (non-hydrogen) atoms.